The molecule has 2 heterocycles. The first-order valence-corrected chi connectivity index (χ1v) is 6.98. The Labute approximate surface area is 116 Å². The fraction of sp³-hybridized carbons (Fsp3) is 0.333. The summed E-state index contributed by atoms with van der Waals surface area (Å²) in [6, 6.07) is 8.47. The Balaban J connectivity index is 1.88. The molecule has 3 N–H and O–H groups in total. The number of imidazole rings is 1. The summed E-state index contributed by atoms with van der Waals surface area (Å²) >= 11 is 0. The lowest BCUT2D eigenvalue weighted by atomic mass is 9.97. The molecule has 0 amide bonds. The standard InChI is InChI=1S/C15H17N5/c1-20-13-5-3-2-4-10(13)14(19-20)15-17-11-7-6-9(16)8-12(11)18-15/h2-5,9H,6-8,16H2,1H3,(H,17,18). The van der Waals surface area contributed by atoms with Gasteiger partial charge in [0.2, 0.25) is 0 Å². The first-order chi connectivity index (χ1) is 9.72. The molecule has 0 saturated heterocycles. The number of rotatable bonds is 1. The smallest absolute Gasteiger partial charge is 0.159 e. The van der Waals surface area contributed by atoms with Gasteiger partial charge in [-0.25, -0.2) is 4.98 Å². The van der Waals surface area contributed by atoms with Crippen LogP contribution in [0.1, 0.15) is 17.8 Å². The molecule has 0 radical (unpaired) electrons. The summed E-state index contributed by atoms with van der Waals surface area (Å²) in [6.07, 6.45) is 2.85. The minimum atomic E-state index is 0.247. The monoisotopic (exact) mass is 267 g/mol. The highest BCUT2D eigenvalue weighted by Gasteiger charge is 2.21. The second kappa shape index (κ2) is 4.18. The highest BCUT2D eigenvalue weighted by atomic mass is 15.3. The number of nitrogens with zero attached hydrogens (tertiary/aromatic N) is 3. The van der Waals surface area contributed by atoms with Crippen molar-refractivity contribution in [1.82, 2.24) is 19.7 Å². The van der Waals surface area contributed by atoms with Crippen LogP contribution >= 0.6 is 0 Å². The summed E-state index contributed by atoms with van der Waals surface area (Å²) in [6.45, 7) is 0. The summed E-state index contributed by atoms with van der Waals surface area (Å²) < 4.78 is 1.90. The molecule has 102 valence electrons. The molecule has 0 spiro atoms. The first kappa shape index (κ1) is 11.7. The molecule has 1 aliphatic rings. The third-order valence-corrected chi connectivity index (χ3v) is 4.06. The molecule has 1 atom stereocenters. The van der Waals surface area contributed by atoms with E-state index in [2.05, 4.69) is 22.2 Å². The van der Waals surface area contributed by atoms with Crippen molar-refractivity contribution in [2.75, 3.05) is 0 Å². The molecule has 0 fully saturated rings. The molecule has 0 saturated carbocycles. The second-order valence-electron chi connectivity index (χ2n) is 5.50. The van der Waals surface area contributed by atoms with Crippen molar-refractivity contribution < 1.29 is 0 Å². The fourth-order valence-electron chi connectivity index (χ4n) is 3.01. The molecule has 5 nitrogen and oxygen atoms in total. The van der Waals surface area contributed by atoms with Crippen molar-refractivity contribution in [3.63, 3.8) is 0 Å². The average Bonchev–Trinajstić information content (AvgIpc) is 3.00. The van der Waals surface area contributed by atoms with E-state index in [0.717, 1.165) is 47.4 Å². The van der Waals surface area contributed by atoms with Crippen LogP contribution in [-0.2, 0) is 19.9 Å². The van der Waals surface area contributed by atoms with Crippen LogP contribution < -0.4 is 5.73 Å². The molecular weight excluding hydrogens is 250 g/mol. The van der Waals surface area contributed by atoms with E-state index >= 15 is 0 Å². The molecular formula is C15H17N5. The number of benzene rings is 1. The fourth-order valence-corrected chi connectivity index (χ4v) is 3.01. The number of nitrogens with two attached hydrogens (primary N) is 1. The quantitative estimate of drug-likeness (QED) is 0.706. The first-order valence-electron chi connectivity index (χ1n) is 6.98. The number of nitrogens with one attached hydrogen (secondary N) is 1. The molecule has 1 unspecified atom stereocenters. The van der Waals surface area contributed by atoms with E-state index in [4.69, 9.17) is 10.7 Å². The van der Waals surface area contributed by atoms with E-state index in [0.29, 0.717) is 0 Å². The molecule has 20 heavy (non-hydrogen) atoms. The number of fused-ring (bicyclic) bond motifs is 2. The topological polar surface area (TPSA) is 72.5 Å². The van der Waals surface area contributed by atoms with Gasteiger partial charge in [0.25, 0.3) is 0 Å². The minimum absolute atomic E-state index is 0.247. The molecule has 1 aliphatic carbocycles. The van der Waals surface area contributed by atoms with Crippen LogP contribution in [0.3, 0.4) is 0 Å². The van der Waals surface area contributed by atoms with Crippen LogP contribution in [0, 0.1) is 0 Å². The lowest BCUT2D eigenvalue weighted by molar-refractivity contribution is 0.565. The van der Waals surface area contributed by atoms with Crippen molar-refractivity contribution in [3.05, 3.63) is 35.7 Å². The number of aromatic amines is 1. The Morgan fingerprint density at radius 3 is 3.10 bits per heavy atom. The maximum Gasteiger partial charge on any atom is 0.159 e. The van der Waals surface area contributed by atoms with Crippen LogP contribution in [0.15, 0.2) is 24.3 Å². The van der Waals surface area contributed by atoms with Crippen LogP contribution in [0.5, 0.6) is 0 Å². The summed E-state index contributed by atoms with van der Waals surface area (Å²) in [7, 11) is 1.96. The Kier molecular flexibility index (Phi) is 2.44. The number of aryl methyl sites for hydroxylation is 2. The number of H-pyrrole nitrogens is 1. The highest BCUT2D eigenvalue weighted by molar-refractivity contribution is 5.91. The van der Waals surface area contributed by atoms with Gasteiger partial charge >= 0.3 is 0 Å². The van der Waals surface area contributed by atoms with Gasteiger partial charge in [-0.1, -0.05) is 18.2 Å². The molecule has 3 aromatic rings. The van der Waals surface area contributed by atoms with Crippen molar-refractivity contribution in [2.24, 2.45) is 12.8 Å². The van der Waals surface area contributed by atoms with Crippen LogP contribution in [0.2, 0.25) is 0 Å². The van der Waals surface area contributed by atoms with Crippen molar-refractivity contribution in [2.45, 2.75) is 25.3 Å². The van der Waals surface area contributed by atoms with Gasteiger partial charge in [-0.2, -0.15) is 5.10 Å². The van der Waals surface area contributed by atoms with E-state index < -0.39 is 0 Å². The minimum Gasteiger partial charge on any atom is -0.340 e. The van der Waals surface area contributed by atoms with Gasteiger partial charge in [-0.3, -0.25) is 4.68 Å². The largest absolute Gasteiger partial charge is 0.340 e. The maximum atomic E-state index is 6.02. The van der Waals surface area contributed by atoms with E-state index in [1.54, 1.807) is 0 Å². The van der Waals surface area contributed by atoms with Gasteiger partial charge in [0.15, 0.2) is 5.82 Å². The lowest BCUT2D eigenvalue weighted by Crippen LogP contribution is -2.27. The van der Waals surface area contributed by atoms with Crippen molar-refractivity contribution in [3.8, 4) is 11.5 Å². The van der Waals surface area contributed by atoms with E-state index in [1.807, 2.05) is 23.9 Å². The van der Waals surface area contributed by atoms with Crippen molar-refractivity contribution in [1.29, 1.82) is 0 Å². The van der Waals surface area contributed by atoms with E-state index in [9.17, 15) is 0 Å². The van der Waals surface area contributed by atoms with Gasteiger partial charge < -0.3 is 10.7 Å². The highest BCUT2D eigenvalue weighted by Crippen LogP contribution is 2.28. The average molecular weight is 267 g/mol. The third kappa shape index (κ3) is 1.67. The predicted octanol–water partition coefficient (Wildman–Crippen LogP) is 1.78. The van der Waals surface area contributed by atoms with Gasteiger partial charge in [0, 0.05) is 30.6 Å². The Morgan fingerprint density at radius 2 is 2.20 bits per heavy atom. The van der Waals surface area contributed by atoms with Gasteiger partial charge in [-0.05, 0) is 18.9 Å². The maximum absolute atomic E-state index is 6.02. The lowest BCUT2D eigenvalue weighted by Gasteiger charge is -2.15. The normalized spacial score (nSPS) is 18.4. The van der Waals surface area contributed by atoms with Gasteiger partial charge in [-0.15, -0.1) is 0 Å². The van der Waals surface area contributed by atoms with E-state index in [1.165, 1.54) is 5.69 Å². The zero-order valence-corrected chi connectivity index (χ0v) is 11.4. The van der Waals surface area contributed by atoms with Gasteiger partial charge in [0.05, 0.1) is 11.2 Å². The summed E-state index contributed by atoms with van der Waals surface area (Å²) in [5.41, 5.74) is 10.4. The number of hydrogen-bond donors (Lipinski definition) is 2. The Morgan fingerprint density at radius 1 is 1.35 bits per heavy atom. The van der Waals surface area contributed by atoms with E-state index in [-0.39, 0.29) is 6.04 Å². The SMILES string of the molecule is Cn1nc(-c2nc3c([nH]2)CC(N)CC3)c2ccccc21. The second-order valence-corrected chi connectivity index (χ2v) is 5.50. The zero-order chi connectivity index (χ0) is 13.7. The number of hydrogen-bond acceptors (Lipinski definition) is 3. The molecule has 2 aromatic heterocycles. The molecule has 0 aliphatic heterocycles. The molecule has 5 heteroatoms. The van der Waals surface area contributed by atoms with Crippen LogP contribution in [0.4, 0.5) is 0 Å². The predicted molar refractivity (Wildman–Crippen MR) is 78.3 cm³/mol. The van der Waals surface area contributed by atoms with Crippen molar-refractivity contribution >= 4 is 10.9 Å². The Hall–Kier alpha value is -2.14. The molecule has 1 aromatic carbocycles. The zero-order valence-electron chi connectivity index (χ0n) is 11.4. The number of para-hydroxylation sites is 1. The number of aromatic nitrogens is 4. The molecule has 0 bridgehead atoms. The molecule has 4 rings (SSSR count). The summed E-state index contributed by atoms with van der Waals surface area (Å²) in [5.74, 6) is 0.862. The third-order valence-electron chi connectivity index (χ3n) is 4.06. The summed E-state index contributed by atoms with van der Waals surface area (Å²) in [4.78, 5) is 8.15. The van der Waals surface area contributed by atoms with Gasteiger partial charge in [0.1, 0.15) is 5.69 Å². The summed E-state index contributed by atoms with van der Waals surface area (Å²) in [5, 5.41) is 5.74. The van der Waals surface area contributed by atoms with Crippen LogP contribution in [0.25, 0.3) is 22.4 Å². The Bertz CT molecular complexity index is 783. The van der Waals surface area contributed by atoms with Crippen LogP contribution in [-0.4, -0.2) is 25.8 Å².